The van der Waals surface area contributed by atoms with Crippen molar-refractivity contribution in [2.24, 2.45) is 5.92 Å². The third-order valence-electron chi connectivity index (χ3n) is 2.72. The third-order valence-corrected chi connectivity index (χ3v) is 2.72. The number of rotatable bonds is 7. The van der Waals surface area contributed by atoms with Crippen LogP contribution in [0.15, 0.2) is 24.3 Å². The van der Waals surface area contributed by atoms with Crippen LogP contribution in [0.1, 0.15) is 32.3 Å². The normalized spacial score (nSPS) is 13.1. The Hall–Kier alpha value is -1.65. The van der Waals surface area contributed by atoms with Crippen LogP contribution < -0.4 is 4.74 Å². The quantitative estimate of drug-likeness (QED) is 0.823. The highest BCUT2D eigenvalue weighted by Crippen LogP contribution is 2.36. The standard InChI is InChI=1S/C14H18F2O3/c1-3-19-12-6-4-11(5-7-12)14(15,16)9-10(2)8-13(17)18/h4-7,10H,3,8-9H2,1-2H3,(H,17,18). The zero-order chi connectivity index (χ0) is 14.5. The highest BCUT2D eigenvalue weighted by atomic mass is 19.3. The van der Waals surface area contributed by atoms with Crippen LogP contribution in [0.3, 0.4) is 0 Å². The zero-order valence-corrected chi connectivity index (χ0v) is 11.0. The molecule has 1 N–H and O–H groups in total. The van der Waals surface area contributed by atoms with Crippen LogP contribution in [0, 0.1) is 5.92 Å². The van der Waals surface area contributed by atoms with Gasteiger partial charge in [0.2, 0.25) is 0 Å². The third kappa shape index (κ3) is 4.85. The maximum absolute atomic E-state index is 13.9. The molecule has 1 rings (SSSR count). The summed E-state index contributed by atoms with van der Waals surface area (Å²) in [4.78, 5) is 10.5. The molecule has 0 aliphatic carbocycles. The number of hydrogen-bond donors (Lipinski definition) is 1. The fraction of sp³-hybridized carbons (Fsp3) is 0.500. The lowest BCUT2D eigenvalue weighted by atomic mass is 9.95. The maximum atomic E-state index is 13.9. The lowest BCUT2D eigenvalue weighted by Gasteiger charge is -2.20. The molecule has 1 aromatic rings. The lowest BCUT2D eigenvalue weighted by molar-refractivity contribution is -0.138. The van der Waals surface area contributed by atoms with Crippen molar-refractivity contribution in [1.29, 1.82) is 0 Å². The SMILES string of the molecule is CCOc1ccc(C(F)(F)CC(C)CC(=O)O)cc1. The second kappa shape index (κ2) is 6.50. The molecule has 0 radical (unpaired) electrons. The van der Waals surface area contributed by atoms with Crippen LogP contribution in [0.2, 0.25) is 0 Å². The minimum atomic E-state index is -3.03. The van der Waals surface area contributed by atoms with Gasteiger partial charge in [0, 0.05) is 18.4 Å². The number of benzene rings is 1. The molecule has 0 saturated heterocycles. The van der Waals surface area contributed by atoms with Gasteiger partial charge in [-0.2, -0.15) is 0 Å². The van der Waals surface area contributed by atoms with Crippen molar-refractivity contribution in [3.8, 4) is 5.75 Å². The molecule has 1 aromatic carbocycles. The molecule has 1 atom stereocenters. The Morgan fingerprint density at radius 2 is 1.95 bits per heavy atom. The number of hydrogen-bond acceptors (Lipinski definition) is 2. The van der Waals surface area contributed by atoms with E-state index in [1.165, 1.54) is 31.2 Å². The zero-order valence-electron chi connectivity index (χ0n) is 11.0. The topological polar surface area (TPSA) is 46.5 Å². The van der Waals surface area contributed by atoms with Crippen molar-refractivity contribution in [1.82, 2.24) is 0 Å². The first kappa shape index (κ1) is 15.4. The van der Waals surface area contributed by atoms with E-state index < -0.39 is 24.2 Å². The molecule has 5 heteroatoms. The van der Waals surface area contributed by atoms with Gasteiger partial charge in [0.25, 0.3) is 5.92 Å². The lowest BCUT2D eigenvalue weighted by Crippen LogP contribution is -2.19. The molecule has 3 nitrogen and oxygen atoms in total. The van der Waals surface area contributed by atoms with E-state index >= 15 is 0 Å². The van der Waals surface area contributed by atoms with E-state index in [0.717, 1.165) is 0 Å². The first-order valence-corrected chi connectivity index (χ1v) is 6.18. The highest BCUT2D eigenvalue weighted by molar-refractivity contribution is 5.66. The Kier molecular flexibility index (Phi) is 5.27. The smallest absolute Gasteiger partial charge is 0.303 e. The molecule has 0 fully saturated rings. The summed E-state index contributed by atoms with van der Waals surface area (Å²) in [5, 5.41) is 8.59. The molecular weight excluding hydrogens is 254 g/mol. The van der Waals surface area contributed by atoms with Gasteiger partial charge in [-0.25, -0.2) is 8.78 Å². The molecule has 1 unspecified atom stereocenters. The van der Waals surface area contributed by atoms with E-state index in [2.05, 4.69) is 0 Å². The molecular formula is C14H18F2O3. The van der Waals surface area contributed by atoms with Gasteiger partial charge in [-0.05, 0) is 37.1 Å². The predicted octanol–water partition coefficient (Wildman–Crippen LogP) is 3.68. The van der Waals surface area contributed by atoms with Crippen molar-refractivity contribution in [3.63, 3.8) is 0 Å². The Bertz CT molecular complexity index is 415. The van der Waals surface area contributed by atoms with Crippen LogP contribution in [0.4, 0.5) is 8.78 Å². The minimum absolute atomic E-state index is 0.117. The number of carboxylic acid groups (broad SMARTS) is 1. The van der Waals surface area contributed by atoms with Gasteiger partial charge >= 0.3 is 5.97 Å². The average Bonchev–Trinajstić information content (AvgIpc) is 2.28. The summed E-state index contributed by atoms with van der Waals surface area (Å²) in [6.07, 6.45) is -0.736. The van der Waals surface area contributed by atoms with E-state index in [-0.39, 0.29) is 12.0 Å². The summed E-state index contributed by atoms with van der Waals surface area (Å²) in [6, 6.07) is 5.63. The Morgan fingerprint density at radius 1 is 1.37 bits per heavy atom. The number of carbonyl (C=O) groups is 1. The molecule has 0 heterocycles. The summed E-state index contributed by atoms with van der Waals surface area (Å²) >= 11 is 0. The molecule has 0 aromatic heterocycles. The average molecular weight is 272 g/mol. The van der Waals surface area contributed by atoms with Crippen molar-refractivity contribution < 1.29 is 23.4 Å². The van der Waals surface area contributed by atoms with E-state index in [1.807, 2.05) is 6.92 Å². The van der Waals surface area contributed by atoms with Gasteiger partial charge in [0.05, 0.1) is 6.61 Å². The second-order valence-electron chi connectivity index (χ2n) is 4.57. The maximum Gasteiger partial charge on any atom is 0.303 e. The fourth-order valence-corrected chi connectivity index (χ4v) is 1.89. The summed E-state index contributed by atoms with van der Waals surface area (Å²) in [5.41, 5.74) is -0.117. The van der Waals surface area contributed by atoms with Crippen molar-refractivity contribution >= 4 is 5.97 Å². The van der Waals surface area contributed by atoms with Gasteiger partial charge in [-0.15, -0.1) is 0 Å². The van der Waals surface area contributed by atoms with Crippen molar-refractivity contribution in [2.45, 2.75) is 32.6 Å². The number of aliphatic carboxylic acids is 1. The van der Waals surface area contributed by atoms with Crippen LogP contribution in [-0.4, -0.2) is 17.7 Å². The summed E-state index contributed by atoms with van der Waals surface area (Å²) in [5.74, 6) is -4.13. The largest absolute Gasteiger partial charge is 0.494 e. The van der Waals surface area contributed by atoms with Crippen LogP contribution >= 0.6 is 0 Å². The van der Waals surface area contributed by atoms with E-state index in [1.54, 1.807) is 0 Å². The number of alkyl halides is 2. The van der Waals surface area contributed by atoms with Crippen LogP contribution in [0.5, 0.6) is 5.75 Å². The molecule has 0 amide bonds. The van der Waals surface area contributed by atoms with E-state index in [9.17, 15) is 13.6 Å². The highest BCUT2D eigenvalue weighted by Gasteiger charge is 2.33. The monoisotopic (exact) mass is 272 g/mol. The molecule has 0 saturated carbocycles. The summed E-state index contributed by atoms with van der Waals surface area (Å²) < 4.78 is 33.1. The Balaban J connectivity index is 2.72. The Labute approximate surface area is 111 Å². The van der Waals surface area contributed by atoms with Crippen molar-refractivity contribution in [3.05, 3.63) is 29.8 Å². The number of carboxylic acids is 1. The van der Waals surface area contributed by atoms with Gasteiger partial charge in [0.15, 0.2) is 0 Å². The molecule has 106 valence electrons. The fourth-order valence-electron chi connectivity index (χ4n) is 1.89. The summed E-state index contributed by atoms with van der Waals surface area (Å²) in [7, 11) is 0. The van der Waals surface area contributed by atoms with E-state index in [4.69, 9.17) is 9.84 Å². The number of halogens is 2. The molecule has 0 bridgehead atoms. The van der Waals surface area contributed by atoms with Crippen LogP contribution in [0.25, 0.3) is 0 Å². The van der Waals surface area contributed by atoms with Gasteiger partial charge in [-0.3, -0.25) is 4.79 Å². The predicted molar refractivity (Wildman–Crippen MR) is 67.5 cm³/mol. The molecule has 0 aliphatic rings. The minimum Gasteiger partial charge on any atom is -0.494 e. The molecule has 0 aliphatic heterocycles. The second-order valence-corrected chi connectivity index (χ2v) is 4.57. The Morgan fingerprint density at radius 3 is 2.42 bits per heavy atom. The summed E-state index contributed by atoms with van der Waals surface area (Å²) in [6.45, 7) is 3.80. The van der Waals surface area contributed by atoms with E-state index in [0.29, 0.717) is 12.4 Å². The number of ether oxygens (including phenoxy) is 1. The van der Waals surface area contributed by atoms with Gasteiger partial charge < -0.3 is 9.84 Å². The van der Waals surface area contributed by atoms with Gasteiger partial charge in [-0.1, -0.05) is 6.92 Å². The first-order valence-electron chi connectivity index (χ1n) is 6.18. The van der Waals surface area contributed by atoms with Crippen molar-refractivity contribution in [2.75, 3.05) is 6.61 Å². The molecule has 19 heavy (non-hydrogen) atoms. The molecule has 0 spiro atoms. The first-order chi connectivity index (χ1) is 8.85. The van der Waals surface area contributed by atoms with Crippen LogP contribution in [-0.2, 0) is 10.7 Å². The van der Waals surface area contributed by atoms with Gasteiger partial charge in [0.1, 0.15) is 5.75 Å².